The summed E-state index contributed by atoms with van der Waals surface area (Å²) in [7, 11) is 1.83. The molecule has 4 nitrogen and oxygen atoms in total. The van der Waals surface area contributed by atoms with E-state index in [2.05, 4.69) is 5.10 Å². The van der Waals surface area contributed by atoms with Gasteiger partial charge < -0.3 is 5.11 Å². The Bertz CT molecular complexity index is 469. The monoisotopic (exact) mass is 288 g/mol. The summed E-state index contributed by atoms with van der Waals surface area (Å²) in [6, 6.07) is 0. The normalized spacial score (nSPS) is 16.8. The first-order chi connectivity index (χ1) is 8.43. The Labute approximate surface area is 116 Å². The molecule has 0 atom stereocenters. The van der Waals surface area contributed by atoms with Crippen LogP contribution < -0.4 is 0 Å². The largest absolute Gasteiger partial charge is 0.481 e. The number of aliphatic carboxylic acids is 1. The van der Waals surface area contributed by atoms with Gasteiger partial charge in [0.05, 0.1) is 12.1 Å². The van der Waals surface area contributed by atoms with Gasteiger partial charge in [0, 0.05) is 18.4 Å². The molecule has 0 saturated heterocycles. The summed E-state index contributed by atoms with van der Waals surface area (Å²) >= 11 is 7.92. The van der Waals surface area contributed by atoms with Gasteiger partial charge in [-0.2, -0.15) is 16.9 Å². The second-order valence-corrected chi connectivity index (χ2v) is 6.39. The van der Waals surface area contributed by atoms with Crippen molar-refractivity contribution in [2.45, 2.75) is 31.9 Å². The number of aromatic nitrogens is 2. The molecule has 1 saturated carbocycles. The van der Waals surface area contributed by atoms with E-state index in [1.807, 2.05) is 14.0 Å². The first-order valence-electron chi connectivity index (χ1n) is 5.91. The molecule has 1 aliphatic carbocycles. The molecule has 2 rings (SSSR count). The Hall–Kier alpha value is -0.680. The minimum absolute atomic E-state index is 0.0408. The molecule has 0 bridgehead atoms. The zero-order valence-corrected chi connectivity index (χ0v) is 12.1. The van der Waals surface area contributed by atoms with Crippen LogP contribution in [0.15, 0.2) is 0 Å². The predicted molar refractivity (Wildman–Crippen MR) is 73.0 cm³/mol. The minimum Gasteiger partial charge on any atom is -0.481 e. The molecular formula is C12H17ClN2O2S. The molecule has 0 aliphatic heterocycles. The number of nitrogens with zero attached hydrogens (tertiary/aromatic N) is 2. The fraction of sp³-hybridized carbons (Fsp3) is 0.667. The second kappa shape index (κ2) is 5.13. The van der Waals surface area contributed by atoms with Crippen molar-refractivity contribution in [3.8, 4) is 0 Å². The van der Waals surface area contributed by atoms with E-state index in [0.717, 1.165) is 35.6 Å². The van der Waals surface area contributed by atoms with E-state index >= 15 is 0 Å². The SMILES string of the molecule is Cc1nn(C)c(Cl)c1CSCC1(CC(=O)O)CC1. The minimum atomic E-state index is -0.691. The fourth-order valence-electron chi connectivity index (χ4n) is 2.08. The molecule has 0 spiro atoms. The van der Waals surface area contributed by atoms with Crippen molar-refractivity contribution in [1.29, 1.82) is 0 Å². The number of aryl methyl sites for hydroxylation is 2. The van der Waals surface area contributed by atoms with Crippen molar-refractivity contribution in [2.24, 2.45) is 12.5 Å². The van der Waals surface area contributed by atoms with Gasteiger partial charge >= 0.3 is 5.97 Å². The summed E-state index contributed by atoms with van der Waals surface area (Å²) in [6.45, 7) is 1.95. The van der Waals surface area contributed by atoms with Crippen LogP contribution in [0.1, 0.15) is 30.5 Å². The summed E-state index contributed by atoms with van der Waals surface area (Å²) in [6.07, 6.45) is 2.36. The molecule has 100 valence electrons. The molecule has 1 heterocycles. The number of carboxylic acid groups (broad SMARTS) is 1. The van der Waals surface area contributed by atoms with Crippen molar-refractivity contribution >= 4 is 29.3 Å². The van der Waals surface area contributed by atoms with E-state index in [1.165, 1.54) is 0 Å². The van der Waals surface area contributed by atoms with Crippen LogP contribution >= 0.6 is 23.4 Å². The Balaban J connectivity index is 1.87. The maximum Gasteiger partial charge on any atom is 0.303 e. The number of rotatable bonds is 6. The van der Waals surface area contributed by atoms with Crippen molar-refractivity contribution in [1.82, 2.24) is 9.78 Å². The van der Waals surface area contributed by atoms with Gasteiger partial charge in [0.2, 0.25) is 0 Å². The highest BCUT2D eigenvalue weighted by atomic mass is 35.5. The van der Waals surface area contributed by atoms with Crippen LogP contribution in [0, 0.1) is 12.3 Å². The van der Waals surface area contributed by atoms with Crippen LogP contribution in [0.25, 0.3) is 0 Å². The lowest BCUT2D eigenvalue weighted by molar-refractivity contribution is -0.138. The fourth-order valence-corrected chi connectivity index (χ4v) is 3.87. The number of thioether (sulfide) groups is 1. The van der Waals surface area contributed by atoms with Crippen LogP contribution in [0.4, 0.5) is 0 Å². The third kappa shape index (κ3) is 3.01. The van der Waals surface area contributed by atoms with Gasteiger partial charge in [0.15, 0.2) is 0 Å². The van der Waals surface area contributed by atoms with E-state index in [9.17, 15) is 4.79 Å². The number of carbonyl (C=O) groups is 1. The van der Waals surface area contributed by atoms with Crippen molar-refractivity contribution in [3.63, 3.8) is 0 Å². The first-order valence-corrected chi connectivity index (χ1v) is 7.44. The summed E-state index contributed by atoms with van der Waals surface area (Å²) < 4.78 is 1.68. The lowest BCUT2D eigenvalue weighted by Crippen LogP contribution is -2.11. The van der Waals surface area contributed by atoms with Crippen LogP contribution in [-0.2, 0) is 17.6 Å². The smallest absolute Gasteiger partial charge is 0.303 e. The number of hydrogen-bond donors (Lipinski definition) is 1. The Morgan fingerprint density at radius 2 is 2.28 bits per heavy atom. The van der Waals surface area contributed by atoms with Gasteiger partial charge in [-0.1, -0.05) is 11.6 Å². The lowest BCUT2D eigenvalue weighted by atomic mass is 10.1. The van der Waals surface area contributed by atoms with Gasteiger partial charge in [-0.05, 0) is 30.9 Å². The molecule has 18 heavy (non-hydrogen) atoms. The van der Waals surface area contributed by atoms with E-state index < -0.39 is 5.97 Å². The average molecular weight is 289 g/mol. The maximum atomic E-state index is 10.8. The molecule has 1 N–H and O–H groups in total. The van der Waals surface area contributed by atoms with Gasteiger partial charge in [-0.25, -0.2) is 0 Å². The Kier molecular flexibility index (Phi) is 3.92. The highest BCUT2D eigenvalue weighted by Gasteiger charge is 2.44. The topological polar surface area (TPSA) is 55.1 Å². The third-order valence-electron chi connectivity index (χ3n) is 3.41. The molecule has 6 heteroatoms. The molecule has 0 aromatic carbocycles. The van der Waals surface area contributed by atoms with E-state index in [4.69, 9.17) is 16.7 Å². The van der Waals surface area contributed by atoms with Gasteiger partial charge in [0.25, 0.3) is 0 Å². The second-order valence-electron chi connectivity index (χ2n) is 5.04. The molecule has 1 aliphatic rings. The molecule has 0 radical (unpaired) electrons. The molecule has 1 aromatic heterocycles. The molecule has 0 amide bonds. The molecule has 0 unspecified atom stereocenters. The summed E-state index contributed by atoms with van der Waals surface area (Å²) in [4.78, 5) is 10.8. The standard InChI is InChI=1S/C12H17ClN2O2S/c1-8-9(11(13)15(2)14-8)6-18-7-12(3-4-12)5-10(16)17/h3-7H2,1-2H3,(H,16,17). The first kappa shape index (κ1) is 13.7. The number of carboxylic acids is 1. The van der Waals surface area contributed by atoms with Gasteiger partial charge in [0.1, 0.15) is 5.15 Å². The average Bonchev–Trinajstić information content (AvgIpc) is 2.97. The number of halogens is 1. The van der Waals surface area contributed by atoms with Crippen molar-refractivity contribution in [3.05, 3.63) is 16.4 Å². The van der Waals surface area contributed by atoms with E-state index in [1.54, 1.807) is 16.4 Å². The van der Waals surface area contributed by atoms with Gasteiger partial charge in [-0.15, -0.1) is 0 Å². The summed E-state index contributed by atoms with van der Waals surface area (Å²) in [5.41, 5.74) is 2.06. The van der Waals surface area contributed by atoms with Crippen LogP contribution in [0.5, 0.6) is 0 Å². The van der Waals surface area contributed by atoms with E-state index in [0.29, 0.717) is 11.6 Å². The Morgan fingerprint density at radius 3 is 2.72 bits per heavy atom. The van der Waals surface area contributed by atoms with E-state index in [-0.39, 0.29) is 5.41 Å². The quantitative estimate of drug-likeness (QED) is 0.874. The van der Waals surface area contributed by atoms with Gasteiger partial charge in [-0.3, -0.25) is 9.48 Å². The predicted octanol–water partition coefficient (Wildman–Crippen LogP) is 2.87. The van der Waals surface area contributed by atoms with Crippen molar-refractivity contribution in [2.75, 3.05) is 5.75 Å². The van der Waals surface area contributed by atoms with Crippen molar-refractivity contribution < 1.29 is 9.90 Å². The highest BCUT2D eigenvalue weighted by Crippen LogP contribution is 2.51. The zero-order valence-electron chi connectivity index (χ0n) is 10.6. The van der Waals surface area contributed by atoms with Crippen LogP contribution in [0.3, 0.4) is 0 Å². The lowest BCUT2D eigenvalue weighted by Gasteiger charge is -2.11. The summed E-state index contributed by atoms with van der Waals surface area (Å²) in [5, 5.41) is 13.8. The van der Waals surface area contributed by atoms with Crippen LogP contribution in [0.2, 0.25) is 5.15 Å². The highest BCUT2D eigenvalue weighted by molar-refractivity contribution is 7.98. The molecule has 1 aromatic rings. The van der Waals surface area contributed by atoms with Crippen LogP contribution in [-0.4, -0.2) is 26.6 Å². The third-order valence-corrected chi connectivity index (χ3v) is 5.19. The molecule has 1 fully saturated rings. The Morgan fingerprint density at radius 1 is 1.61 bits per heavy atom. The zero-order chi connectivity index (χ0) is 13.3. The summed E-state index contributed by atoms with van der Waals surface area (Å²) in [5.74, 6) is 1.01. The molecular weight excluding hydrogens is 272 g/mol. The number of hydrogen-bond acceptors (Lipinski definition) is 3. The maximum absolute atomic E-state index is 10.8.